The van der Waals surface area contributed by atoms with E-state index in [2.05, 4.69) is 23.6 Å². The number of fused-ring (bicyclic) bond motifs is 2. The minimum Gasteiger partial charge on any atom is -0.394 e. The van der Waals surface area contributed by atoms with E-state index in [0.717, 1.165) is 13.1 Å². The second kappa shape index (κ2) is 3.44. The van der Waals surface area contributed by atoms with Crippen molar-refractivity contribution < 1.29 is 10.2 Å². The maximum atomic E-state index is 9.32. The fourth-order valence-electron chi connectivity index (χ4n) is 2.65. The molecule has 2 N–H and O–H groups in total. The molecule has 2 atom stereocenters. The van der Waals surface area contributed by atoms with Gasteiger partial charge in [0, 0.05) is 24.5 Å². The summed E-state index contributed by atoms with van der Waals surface area (Å²) in [5.41, 5.74) is 2.47. The van der Waals surface area contributed by atoms with Crippen molar-refractivity contribution in [2.45, 2.75) is 25.9 Å². The molecule has 2 unspecified atom stereocenters. The second-order valence-corrected chi connectivity index (χ2v) is 4.06. The fourth-order valence-corrected chi connectivity index (χ4v) is 2.65. The van der Waals surface area contributed by atoms with Gasteiger partial charge in [0.25, 0.3) is 0 Å². The molecule has 0 spiro atoms. The van der Waals surface area contributed by atoms with Crippen molar-refractivity contribution in [3.63, 3.8) is 0 Å². The lowest BCUT2D eigenvalue weighted by molar-refractivity contribution is -0.0215. The van der Waals surface area contributed by atoms with E-state index in [4.69, 9.17) is 0 Å². The summed E-state index contributed by atoms with van der Waals surface area (Å²) in [6.45, 7) is 6.32. The van der Waals surface area contributed by atoms with Crippen LogP contribution in [0, 0.1) is 0 Å². The average molecular weight is 198 g/mol. The highest BCUT2D eigenvalue weighted by molar-refractivity contribution is 5.20. The van der Waals surface area contributed by atoms with Crippen LogP contribution in [-0.2, 0) is 0 Å². The molecule has 0 aromatic heterocycles. The molecule has 4 nitrogen and oxygen atoms in total. The molecule has 0 saturated carbocycles. The molecule has 3 aliphatic heterocycles. The van der Waals surface area contributed by atoms with E-state index in [0.29, 0.717) is 0 Å². The molecule has 0 aromatic rings. The lowest BCUT2D eigenvalue weighted by Crippen LogP contribution is -2.64. The SMILES string of the molecule is CC1=C(C)N2CCN1C(CO)C2CO. The Morgan fingerprint density at radius 1 is 1.00 bits per heavy atom. The van der Waals surface area contributed by atoms with Crippen LogP contribution in [0.3, 0.4) is 0 Å². The topological polar surface area (TPSA) is 46.9 Å². The highest BCUT2D eigenvalue weighted by atomic mass is 16.3. The van der Waals surface area contributed by atoms with Gasteiger partial charge in [-0.2, -0.15) is 0 Å². The van der Waals surface area contributed by atoms with Crippen LogP contribution in [0.2, 0.25) is 0 Å². The minimum atomic E-state index is 0.0671. The molecule has 3 aliphatic rings. The summed E-state index contributed by atoms with van der Waals surface area (Å²) in [6, 6.07) is 0.134. The number of allylic oxidation sites excluding steroid dienone is 2. The van der Waals surface area contributed by atoms with Gasteiger partial charge in [-0.05, 0) is 13.8 Å². The zero-order chi connectivity index (χ0) is 10.3. The molecule has 1 saturated heterocycles. The lowest BCUT2D eigenvalue weighted by atomic mass is 9.96. The first kappa shape index (κ1) is 9.80. The monoisotopic (exact) mass is 198 g/mol. The molecule has 0 radical (unpaired) electrons. The largest absolute Gasteiger partial charge is 0.394 e. The standard InChI is InChI=1S/C10H18N2O2/c1-7-8(2)12-4-3-11(7)9(5-13)10(12)6-14/h9-10,13-14H,3-6H2,1-2H3. The van der Waals surface area contributed by atoms with Crippen LogP contribution in [0.1, 0.15) is 13.8 Å². The van der Waals surface area contributed by atoms with Crippen molar-refractivity contribution in [3.05, 3.63) is 11.4 Å². The van der Waals surface area contributed by atoms with Gasteiger partial charge in [-0.15, -0.1) is 0 Å². The third-order valence-corrected chi connectivity index (χ3v) is 3.59. The van der Waals surface area contributed by atoms with E-state index in [1.807, 2.05) is 0 Å². The Morgan fingerprint density at radius 2 is 1.36 bits per heavy atom. The third kappa shape index (κ3) is 1.14. The lowest BCUT2D eigenvalue weighted by Gasteiger charge is -2.54. The Balaban J connectivity index is 2.34. The van der Waals surface area contributed by atoms with Gasteiger partial charge >= 0.3 is 0 Å². The zero-order valence-electron chi connectivity index (χ0n) is 8.77. The Bertz CT molecular complexity index is 239. The zero-order valence-corrected chi connectivity index (χ0v) is 8.77. The van der Waals surface area contributed by atoms with E-state index < -0.39 is 0 Å². The van der Waals surface area contributed by atoms with Gasteiger partial charge < -0.3 is 20.0 Å². The predicted molar refractivity (Wildman–Crippen MR) is 53.5 cm³/mol. The molecular formula is C10H18N2O2. The molecule has 1 fully saturated rings. The van der Waals surface area contributed by atoms with E-state index in [9.17, 15) is 10.2 Å². The average Bonchev–Trinajstić information content (AvgIpc) is 2.23. The first-order chi connectivity index (χ1) is 6.70. The second-order valence-electron chi connectivity index (χ2n) is 4.06. The van der Waals surface area contributed by atoms with Crippen LogP contribution >= 0.6 is 0 Å². The number of rotatable bonds is 2. The summed E-state index contributed by atoms with van der Waals surface area (Å²) in [4.78, 5) is 4.44. The van der Waals surface area contributed by atoms with Gasteiger partial charge in [-0.3, -0.25) is 0 Å². The van der Waals surface area contributed by atoms with Gasteiger partial charge in [-0.25, -0.2) is 0 Å². The van der Waals surface area contributed by atoms with E-state index in [-0.39, 0.29) is 25.3 Å². The summed E-state index contributed by atoms with van der Waals surface area (Å²) < 4.78 is 0. The number of aliphatic hydroxyl groups excluding tert-OH is 2. The van der Waals surface area contributed by atoms with E-state index in [1.54, 1.807) is 0 Å². The van der Waals surface area contributed by atoms with Crippen LogP contribution in [0.5, 0.6) is 0 Å². The first-order valence-corrected chi connectivity index (χ1v) is 5.13. The van der Waals surface area contributed by atoms with Crippen molar-refractivity contribution in [3.8, 4) is 0 Å². The molecule has 3 rings (SSSR count). The Kier molecular flexibility index (Phi) is 2.41. The van der Waals surface area contributed by atoms with E-state index in [1.165, 1.54) is 11.4 Å². The van der Waals surface area contributed by atoms with Crippen LogP contribution in [-0.4, -0.2) is 58.4 Å². The van der Waals surface area contributed by atoms with Crippen molar-refractivity contribution in [1.82, 2.24) is 9.80 Å². The Labute approximate surface area is 84.4 Å². The minimum absolute atomic E-state index is 0.0671. The third-order valence-electron chi connectivity index (χ3n) is 3.59. The highest BCUT2D eigenvalue weighted by Crippen LogP contribution is 2.32. The number of piperazine rings is 1. The summed E-state index contributed by atoms with van der Waals surface area (Å²) >= 11 is 0. The quantitative estimate of drug-likeness (QED) is 0.633. The van der Waals surface area contributed by atoms with Gasteiger partial charge in [0.05, 0.1) is 25.3 Å². The van der Waals surface area contributed by atoms with Crippen molar-refractivity contribution in [1.29, 1.82) is 0 Å². The van der Waals surface area contributed by atoms with Gasteiger partial charge in [0.2, 0.25) is 0 Å². The molecule has 3 heterocycles. The number of aliphatic hydroxyl groups is 2. The molecule has 14 heavy (non-hydrogen) atoms. The first-order valence-electron chi connectivity index (χ1n) is 5.13. The van der Waals surface area contributed by atoms with Gasteiger partial charge in [0.15, 0.2) is 0 Å². The molecule has 0 aromatic carbocycles. The van der Waals surface area contributed by atoms with Crippen LogP contribution in [0.15, 0.2) is 11.4 Å². The summed E-state index contributed by atoms with van der Waals surface area (Å²) in [5.74, 6) is 0. The highest BCUT2D eigenvalue weighted by Gasteiger charge is 2.41. The van der Waals surface area contributed by atoms with Crippen LogP contribution in [0.4, 0.5) is 0 Å². The van der Waals surface area contributed by atoms with Gasteiger partial charge in [-0.1, -0.05) is 0 Å². The van der Waals surface area contributed by atoms with E-state index >= 15 is 0 Å². The van der Waals surface area contributed by atoms with Crippen LogP contribution < -0.4 is 0 Å². The fraction of sp³-hybridized carbons (Fsp3) is 0.800. The van der Waals surface area contributed by atoms with Crippen LogP contribution in [0.25, 0.3) is 0 Å². The smallest absolute Gasteiger partial charge is 0.0744 e. The molecule has 80 valence electrons. The summed E-state index contributed by atoms with van der Waals surface area (Å²) in [5, 5.41) is 18.6. The molecule has 0 amide bonds. The summed E-state index contributed by atoms with van der Waals surface area (Å²) in [7, 11) is 0. The predicted octanol–water partition coefficient (Wildman–Crippen LogP) is -0.409. The maximum absolute atomic E-state index is 9.32. The van der Waals surface area contributed by atoms with Crippen molar-refractivity contribution in [2.75, 3.05) is 26.3 Å². The summed E-state index contributed by atoms with van der Waals surface area (Å²) in [6.07, 6.45) is 0. The Morgan fingerprint density at radius 3 is 1.64 bits per heavy atom. The Hall–Kier alpha value is -0.740. The molecule has 0 aliphatic carbocycles. The normalized spacial score (nSPS) is 31.7. The molecular weight excluding hydrogens is 180 g/mol. The molecule has 4 heteroatoms. The maximum Gasteiger partial charge on any atom is 0.0744 e. The van der Waals surface area contributed by atoms with Gasteiger partial charge in [0.1, 0.15) is 0 Å². The van der Waals surface area contributed by atoms with Crippen molar-refractivity contribution >= 4 is 0 Å². The molecule has 2 bridgehead atoms. The number of hydrogen-bond acceptors (Lipinski definition) is 4. The number of nitrogens with zero attached hydrogens (tertiary/aromatic N) is 2. The van der Waals surface area contributed by atoms with Crippen molar-refractivity contribution in [2.24, 2.45) is 0 Å². The number of hydrogen-bond donors (Lipinski definition) is 2.